The highest BCUT2D eigenvalue weighted by molar-refractivity contribution is 7.18. The Kier molecular flexibility index (Phi) is 5.64. The molecule has 0 bridgehead atoms. The monoisotopic (exact) mass is 389 g/mol. The second-order valence-corrected chi connectivity index (χ2v) is 9.22. The van der Waals surface area contributed by atoms with E-state index in [4.69, 9.17) is 15.7 Å². The van der Waals surface area contributed by atoms with Gasteiger partial charge in [-0.2, -0.15) is 0 Å². The summed E-state index contributed by atoms with van der Waals surface area (Å²) in [4.78, 5) is 17.1. The Labute approximate surface area is 165 Å². The first kappa shape index (κ1) is 19.1. The molecule has 6 nitrogen and oxygen atoms in total. The molecule has 0 radical (unpaired) electrons. The number of aliphatic hydroxyl groups excluding tert-OH is 1. The maximum Gasteiger partial charge on any atom is 0.141 e. The van der Waals surface area contributed by atoms with Crippen LogP contribution in [-0.4, -0.2) is 65.3 Å². The SMILES string of the molecule is Cc1sc2nc(CCN)nc(N3CCN(CC4CC4)C(CCO)C3)c2c1C. The van der Waals surface area contributed by atoms with Gasteiger partial charge in [0.1, 0.15) is 16.5 Å². The summed E-state index contributed by atoms with van der Waals surface area (Å²) in [5, 5.41) is 10.8. The van der Waals surface area contributed by atoms with Crippen LogP contribution in [0.3, 0.4) is 0 Å². The fraction of sp³-hybridized carbons (Fsp3) is 0.700. The second kappa shape index (κ2) is 7.99. The van der Waals surface area contributed by atoms with E-state index in [1.165, 1.54) is 35.2 Å². The summed E-state index contributed by atoms with van der Waals surface area (Å²) >= 11 is 1.76. The van der Waals surface area contributed by atoms with Crippen molar-refractivity contribution in [1.29, 1.82) is 0 Å². The van der Waals surface area contributed by atoms with E-state index in [9.17, 15) is 5.11 Å². The molecule has 2 aromatic rings. The molecular formula is C20H31N5OS. The number of aliphatic hydroxyl groups is 1. The van der Waals surface area contributed by atoms with Crippen molar-refractivity contribution in [3.05, 3.63) is 16.3 Å². The summed E-state index contributed by atoms with van der Waals surface area (Å²) in [6.07, 6.45) is 4.28. The maximum atomic E-state index is 9.59. The fourth-order valence-corrected chi connectivity index (χ4v) is 5.16. The number of aryl methyl sites for hydroxylation is 2. The molecule has 1 unspecified atom stereocenters. The zero-order chi connectivity index (χ0) is 19.0. The third-order valence-corrected chi connectivity index (χ3v) is 7.08. The van der Waals surface area contributed by atoms with Crippen LogP contribution in [0.4, 0.5) is 5.82 Å². The van der Waals surface area contributed by atoms with E-state index in [0.717, 1.165) is 48.4 Å². The Morgan fingerprint density at radius 2 is 2.04 bits per heavy atom. The van der Waals surface area contributed by atoms with Crippen molar-refractivity contribution in [2.45, 2.75) is 45.6 Å². The van der Waals surface area contributed by atoms with Crippen molar-refractivity contribution >= 4 is 27.4 Å². The molecule has 148 valence electrons. The van der Waals surface area contributed by atoms with Gasteiger partial charge in [-0.25, -0.2) is 9.97 Å². The highest BCUT2D eigenvalue weighted by Gasteiger charge is 2.33. The summed E-state index contributed by atoms with van der Waals surface area (Å²) in [5.74, 6) is 2.79. The molecule has 0 spiro atoms. The van der Waals surface area contributed by atoms with Crippen molar-refractivity contribution < 1.29 is 5.11 Å². The lowest BCUT2D eigenvalue weighted by Crippen LogP contribution is -2.54. The average molecular weight is 390 g/mol. The number of nitrogens with zero attached hydrogens (tertiary/aromatic N) is 4. The molecule has 1 aliphatic heterocycles. The van der Waals surface area contributed by atoms with Crippen molar-refractivity contribution in [1.82, 2.24) is 14.9 Å². The lowest BCUT2D eigenvalue weighted by Gasteiger charge is -2.42. The number of piperazine rings is 1. The summed E-state index contributed by atoms with van der Waals surface area (Å²) in [5.41, 5.74) is 7.07. The van der Waals surface area contributed by atoms with E-state index in [0.29, 0.717) is 19.0 Å². The number of rotatable bonds is 7. The molecule has 0 aromatic carbocycles. The number of hydrogen-bond donors (Lipinski definition) is 2. The van der Waals surface area contributed by atoms with Crippen LogP contribution >= 0.6 is 11.3 Å². The average Bonchev–Trinajstić information content (AvgIpc) is 3.42. The Hall–Kier alpha value is -1.28. The van der Waals surface area contributed by atoms with Crippen molar-refractivity contribution in [2.75, 3.05) is 44.2 Å². The molecular weight excluding hydrogens is 358 g/mol. The zero-order valence-corrected chi connectivity index (χ0v) is 17.3. The normalized spacial score (nSPS) is 21.3. The first-order chi connectivity index (χ1) is 13.1. The molecule has 3 N–H and O–H groups in total. The molecule has 0 amide bonds. The van der Waals surface area contributed by atoms with Crippen LogP contribution in [0.1, 0.15) is 35.5 Å². The Morgan fingerprint density at radius 1 is 1.22 bits per heavy atom. The van der Waals surface area contributed by atoms with Gasteiger partial charge >= 0.3 is 0 Å². The molecule has 1 saturated carbocycles. The van der Waals surface area contributed by atoms with Crippen molar-refractivity contribution in [3.63, 3.8) is 0 Å². The van der Waals surface area contributed by atoms with Crippen LogP contribution in [0.15, 0.2) is 0 Å². The summed E-state index contributed by atoms with van der Waals surface area (Å²) in [6, 6.07) is 0.396. The largest absolute Gasteiger partial charge is 0.396 e. The van der Waals surface area contributed by atoms with Gasteiger partial charge in [0.15, 0.2) is 0 Å². The number of thiophene rings is 1. The van der Waals surface area contributed by atoms with Gasteiger partial charge in [0.2, 0.25) is 0 Å². The maximum absolute atomic E-state index is 9.59. The fourth-order valence-electron chi connectivity index (χ4n) is 4.12. The smallest absolute Gasteiger partial charge is 0.141 e. The van der Waals surface area contributed by atoms with Crippen LogP contribution in [0.2, 0.25) is 0 Å². The van der Waals surface area contributed by atoms with Gasteiger partial charge < -0.3 is 15.7 Å². The molecule has 1 atom stereocenters. The van der Waals surface area contributed by atoms with Crippen LogP contribution in [-0.2, 0) is 6.42 Å². The predicted octanol–water partition coefficient (Wildman–Crippen LogP) is 2.09. The molecule has 27 heavy (non-hydrogen) atoms. The van der Waals surface area contributed by atoms with E-state index in [2.05, 4.69) is 23.6 Å². The van der Waals surface area contributed by atoms with E-state index >= 15 is 0 Å². The molecule has 2 aromatic heterocycles. The predicted molar refractivity (Wildman–Crippen MR) is 112 cm³/mol. The third kappa shape index (κ3) is 3.97. The number of hydrogen-bond acceptors (Lipinski definition) is 7. The Balaban J connectivity index is 1.65. The van der Waals surface area contributed by atoms with Crippen molar-refractivity contribution in [2.24, 2.45) is 11.7 Å². The summed E-state index contributed by atoms with van der Waals surface area (Å²) in [7, 11) is 0. The van der Waals surface area contributed by atoms with E-state index in [1.54, 1.807) is 11.3 Å². The van der Waals surface area contributed by atoms with Gasteiger partial charge in [-0.05, 0) is 51.1 Å². The molecule has 2 aliphatic rings. The molecule has 4 rings (SSSR count). The first-order valence-corrected chi connectivity index (χ1v) is 11.0. The van der Waals surface area contributed by atoms with Crippen LogP contribution in [0, 0.1) is 19.8 Å². The highest BCUT2D eigenvalue weighted by Crippen LogP contribution is 2.37. The van der Waals surface area contributed by atoms with Gasteiger partial charge in [0, 0.05) is 50.1 Å². The van der Waals surface area contributed by atoms with Gasteiger partial charge in [-0.15, -0.1) is 11.3 Å². The lowest BCUT2D eigenvalue weighted by atomic mass is 10.1. The quantitative estimate of drug-likeness (QED) is 0.755. The molecule has 7 heteroatoms. The standard InChI is InChI=1S/C20H31N5OS/c1-13-14(2)27-20-18(13)19(22-17(23-20)5-7-21)25-9-8-24(11-15-3-4-15)16(12-25)6-10-26/h15-16,26H,3-12,21H2,1-2H3. The molecule has 1 aliphatic carbocycles. The second-order valence-electron chi connectivity index (χ2n) is 8.02. The lowest BCUT2D eigenvalue weighted by molar-refractivity contribution is 0.137. The van der Waals surface area contributed by atoms with Crippen LogP contribution in [0.25, 0.3) is 10.2 Å². The van der Waals surface area contributed by atoms with Gasteiger partial charge in [0.05, 0.1) is 5.39 Å². The highest BCUT2D eigenvalue weighted by atomic mass is 32.1. The minimum atomic E-state index is 0.244. The number of nitrogens with two attached hydrogens (primary N) is 1. The molecule has 1 saturated heterocycles. The van der Waals surface area contributed by atoms with Gasteiger partial charge in [-0.3, -0.25) is 4.90 Å². The minimum absolute atomic E-state index is 0.244. The van der Waals surface area contributed by atoms with Gasteiger partial charge in [0.25, 0.3) is 0 Å². The third-order valence-electron chi connectivity index (χ3n) is 5.98. The van der Waals surface area contributed by atoms with Gasteiger partial charge in [-0.1, -0.05) is 0 Å². The van der Waals surface area contributed by atoms with Crippen molar-refractivity contribution in [3.8, 4) is 0 Å². The van der Waals surface area contributed by atoms with E-state index < -0.39 is 0 Å². The summed E-state index contributed by atoms with van der Waals surface area (Å²) < 4.78 is 0. The topological polar surface area (TPSA) is 78.5 Å². The number of aromatic nitrogens is 2. The summed E-state index contributed by atoms with van der Waals surface area (Å²) in [6.45, 7) is 9.29. The van der Waals surface area contributed by atoms with E-state index in [-0.39, 0.29) is 6.61 Å². The van der Waals surface area contributed by atoms with E-state index in [1.807, 2.05) is 0 Å². The number of fused-ring (bicyclic) bond motifs is 1. The Bertz CT molecular complexity index is 803. The number of anilines is 1. The van der Waals surface area contributed by atoms with Crippen LogP contribution in [0.5, 0.6) is 0 Å². The molecule has 2 fully saturated rings. The van der Waals surface area contributed by atoms with Crippen LogP contribution < -0.4 is 10.6 Å². The minimum Gasteiger partial charge on any atom is -0.396 e. The Morgan fingerprint density at radius 3 is 2.74 bits per heavy atom. The first-order valence-electron chi connectivity index (χ1n) is 10.2. The zero-order valence-electron chi connectivity index (χ0n) is 16.4. The molecule has 3 heterocycles.